The van der Waals surface area contributed by atoms with E-state index in [4.69, 9.17) is 16.3 Å². The molecule has 3 amide bonds. The van der Waals surface area contributed by atoms with Crippen LogP contribution in [0.25, 0.3) is 17.0 Å². The Bertz CT molecular complexity index is 1530. The first kappa shape index (κ1) is 28.3. The van der Waals surface area contributed by atoms with Gasteiger partial charge in [-0.05, 0) is 53.2 Å². The lowest BCUT2D eigenvalue weighted by Crippen LogP contribution is -2.34. The third-order valence-corrected chi connectivity index (χ3v) is 8.52. The smallest absolute Gasteiger partial charge is 0.420 e. The molecule has 2 fully saturated rings. The van der Waals surface area contributed by atoms with Crippen molar-refractivity contribution < 1.29 is 32.3 Å². The second-order valence-corrected chi connectivity index (χ2v) is 11.4. The normalized spacial score (nSPS) is 17.6. The van der Waals surface area contributed by atoms with Crippen molar-refractivity contribution in [1.29, 1.82) is 0 Å². The van der Waals surface area contributed by atoms with Crippen LogP contribution in [0.3, 0.4) is 0 Å². The minimum atomic E-state index is -4.56. The van der Waals surface area contributed by atoms with E-state index in [1.54, 1.807) is 24.3 Å². The largest absolute Gasteiger partial charge is 0.452 e. The fraction of sp³-hybridized carbons (Fsp3) is 0.280. The fourth-order valence-electron chi connectivity index (χ4n) is 4.29. The van der Waals surface area contributed by atoms with Gasteiger partial charge in [-0.25, -0.2) is 13.4 Å². The zero-order valence-corrected chi connectivity index (χ0v) is 23.2. The number of hydrogen-bond donors (Lipinski definition) is 0. The zero-order chi connectivity index (χ0) is 28.6. The van der Waals surface area contributed by atoms with E-state index >= 15 is 0 Å². The van der Waals surface area contributed by atoms with Gasteiger partial charge in [0, 0.05) is 42.2 Å². The number of aromatic nitrogens is 2. The monoisotopic (exact) mass is 611 g/mol. The van der Waals surface area contributed by atoms with Gasteiger partial charge in [0.15, 0.2) is 0 Å². The number of benzene rings is 2. The average molecular weight is 612 g/mol. The average Bonchev–Trinajstić information content (AvgIpc) is 3.61. The molecule has 5 rings (SSSR count). The SMILES string of the molecule is COC(=O)N1CCN(CCN2C(=O)SC(=Cc3ccc4c(cnn4Cc4ccc(Cl)cc4C(F)(F)F)c3)C2=O)S1. The second kappa shape index (κ2) is 11.4. The van der Waals surface area contributed by atoms with Crippen molar-refractivity contribution in [2.24, 2.45) is 0 Å². The van der Waals surface area contributed by atoms with Crippen molar-refractivity contribution >= 4 is 69.7 Å². The van der Waals surface area contributed by atoms with Crippen LogP contribution >= 0.6 is 35.5 Å². The maximum absolute atomic E-state index is 13.5. The Kier molecular flexibility index (Phi) is 8.04. The number of carbonyl (C=O) groups is 3. The van der Waals surface area contributed by atoms with E-state index in [2.05, 4.69) is 5.10 Å². The summed E-state index contributed by atoms with van der Waals surface area (Å²) >= 11 is 7.81. The standard InChI is InChI=1S/C25H21ClF3N5O4S2/c1-38-23(36)34-9-7-31(40-34)6-8-32-22(35)21(39-24(32)37)11-15-2-5-20-17(10-15)13-30-33(20)14-16-3-4-18(26)12-19(16)25(27,28)29/h2-5,10-13H,6-9,14H2,1H3. The number of halogens is 4. The van der Waals surface area contributed by atoms with Crippen molar-refractivity contribution in [3.8, 4) is 0 Å². The maximum Gasteiger partial charge on any atom is 0.420 e. The lowest BCUT2D eigenvalue weighted by atomic mass is 10.1. The Morgan fingerprint density at radius 1 is 1.15 bits per heavy atom. The fourth-order valence-corrected chi connectivity index (χ4v) is 6.24. The highest BCUT2D eigenvalue weighted by atomic mass is 35.5. The van der Waals surface area contributed by atoms with E-state index in [0.29, 0.717) is 36.1 Å². The van der Waals surface area contributed by atoms with Crippen molar-refractivity contribution in [3.63, 3.8) is 0 Å². The highest BCUT2D eigenvalue weighted by Gasteiger charge is 2.36. The van der Waals surface area contributed by atoms with E-state index in [0.717, 1.165) is 17.8 Å². The van der Waals surface area contributed by atoms with Gasteiger partial charge in [-0.2, -0.15) is 18.3 Å². The lowest BCUT2D eigenvalue weighted by Gasteiger charge is -2.18. The summed E-state index contributed by atoms with van der Waals surface area (Å²) in [5.74, 6) is -0.415. The summed E-state index contributed by atoms with van der Waals surface area (Å²) in [6, 6.07) is 8.81. The molecule has 210 valence electrons. The minimum Gasteiger partial charge on any atom is -0.452 e. The molecule has 3 aromatic rings. The van der Waals surface area contributed by atoms with Gasteiger partial charge in [0.2, 0.25) is 0 Å². The number of rotatable bonds is 6. The van der Waals surface area contributed by atoms with Gasteiger partial charge in [0.1, 0.15) is 0 Å². The number of amides is 3. The maximum atomic E-state index is 13.5. The third-order valence-electron chi connectivity index (χ3n) is 6.25. The molecule has 2 aliphatic heterocycles. The molecule has 0 unspecified atom stereocenters. The van der Waals surface area contributed by atoms with Gasteiger partial charge in [-0.15, -0.1) is 0 Å². The van der Waals surface area contributed by atoms with Crippen LogP contribution in [0, 0.1) is 0 Å². The first-order valence-electron chi connectivity index (χ1n) is 11.9. The Balaban J connectivity index is 1.28. The van der Waals surface area contributed by atoms with E-state index < -0.39 is 23.7 Å². The molecule has 0 bridgehead atoms. The number of carbonyl (C=O) groups excluding carboxylic acids is 3. The van der Waals surface area contributed by atoms with Gasteiger partial charge < -0.3 is 4.74 Å². The Morgan fingerprint density at radius 2 is 1.95 bits per heavy atom. The highest BCUT2D eigenvalue weighted by Crippen LogP contribution is 2.35. The van der Waals surface area contributed by atoms with Gasteiger partial charge in [0.05, 0.1) is 42.4 Å². The number of ether oxygens (including phenoxy) is 1. The van der Waals surface area contributed by atoms with Crippen LogP contribution in [-0.4, -0.2) is 73.8 Å². The first-order chi connectivity index (χ1) is 19.0. The second-order valence-electron chi connectivity index (χ2n) is 8.84. The zero-order valence-electron chi connectivity index (χ0n) is 20.9. The number of nitrogens with zero attached hydrogens (tertiary/aromatic N) is 5. The predicted octanol–water partition coefficient (Wildman–Crippen LogP) is 5.74. The van der Waals surface area contributed by atoms with Crippen LogP contribution in [0.4, 0.5) is 22.8 Å². The number of imide groups is 1. The third kappa shape index (κ3) is 5.94. The molecule has 15 heteroatoms. The van der Waals surface area contributed by atoms with Crippen molar-refractivity contribution in [3.05, 3.63) is 69.2 Å². The summed E-state index contributed by atoms with van der Waals surface area (Å²) in [5, 5.41) is 4.53. The number of thioether (sulfide) groups is 1. The molecule has 2 aliphatic rings. The van der Waals surface area contributed by atoms with Gasteiger partial charge in [-0.1, -0.05) is 23.7 Å². The van der Waals surface area contributed by atoms with Crippen molar-refractivity contribution in [1.82, 2.24) is 23.3 Å². The summed E-state index contributed by atoms with van der Waals surface area (Å²) < 4.78 is 50.0. The molecule has 1 aromatic heterocycles. The summed E-state index contributed by atoms with van der Waals surface area (Å²) in [7, 11) is 1.30. The summed E-state index contributed by atoms with van der Waals surface area (Å²) in [6.45, 7) is 1.50. The number of hydrogen-bond acceptors (Lipinski definition) is 8. The molecule has 0 radical (unpaired) electrons. The topological polar surface area (TPSA) is 88.0 Å². The summed E-state index contributed by atoms with van der Waals surface area (Å²) in [4.78, 5) is 38.5. The molecule has 3 heterocycles. The van der Waals surface area contributed by atoms with E-state index in [9.17, 15) is 27.6 Å². The van der Waals surface area contributed by atoms with Crippen LogP contribution in [-0.2, 0) is 22.3 Å². The van der Waals surface area contributed by atoms with Crippen molar-refractivity contribution in [2.75, 3.05) is 33.3 Å². The molecule has 0 atom stereocenters. The minimum absolute atomic E-state index is 0.00408. The number of methoxy groups -OCH3 is 1. The molecule has 2 saturated heterocycles. The van der Waals surface area contributed by atoms with Crippen LogP contribution in [0.5, 0.6) is 0 Å². The van der Waals surface area contributed by atoms with E-state index in [1.165, 1.54) is 51.5 Å². The first-order valence-corrected chi connectivity index (χ1v) is 13.8. The molecule has 0 aliphatic carbocycles. The molecule has 0 N–H and O–H groups in total. The molecular weight excluding hydrogens is 591 g/mol. The van der Waals surface area contributed by atoms with Crippen LogP contribution in [0.1, 0.15) is 16.7 Å². The number of fused-ring (bicyclic) bond motifs is 1. The number of alkyl halides is 3. The van der Waals surface area contributed by atoms with Gasteiger partial charge in [-0.3, -0.25) is 19.2 Å². The van der Waals surface area contributed by atoms with Crippen LogP contribution < -0.4 is 0 Å². The molecular formula is C25H21ClF3N5O4S2. The van der Waals surface area contributed by atoms with E-state index in [1.807, 2.05) is 4.31 Å². The molecule has 0 spiro atoms. The highest BCUT2D eigenvalue weighted by molar-refractivity contribution is 8.18. The Hall–Kier alpha value is -3.20. The van der Waals surface area contributed by atoms with Gasteiger partial charge >= 0.3 is 12.3 Å². The molecule has 9 nitrogen and oxygen atoms in total. The lowest BCUT2D eigenvalue weighted by molar-refractivity contribution is -0.138. The van der Waals surface area contributed by atoms with Crippen LogP contribution in [0.2, 0.25) is 5.02 Å². The Morgan fingerprint density at radius 3 is 2.70 bits per heavy atom. The van der Waals surface area contributed by atoms with Crippen molar-refractivity contribution in [2.45, 2.75) is 12.7 Å². The molecule has 40 heavy (non-hydrogen) atoms. The van der Waals surface area contributed by atoms with E-state index in [-0.39, 0.29) is 33.8 Å². The Labute approximate surface area is 240 Å². The van der Waals surface area contributed by atoms with Gasteiger partial charge in [0.25, 0.3) is 11.1 Å². The summed E-state index contributed by atoms with van der Waals surface area (Å²) in [6.07, 6.45) is -1.88. The van der Waals surface area contributed by atoms with Crippen LogP contribution in [0.15, 0.2) is 47.5 Å². The summed E-state index contributed by atoms with van der Waals surface area (Å²) in [5.41, 5.74) is 0.464. The quantitative estimate of drug-likeness (QED) is 0.258. The molecule has 0 saturated carbocycles. The predicted molar refractivity (Wildman–Crippen MR) is 146 cm³/mol. The molecule has 2 aromatic carbocycles.